The van der Waals surface area contributed by atoms with Crippen molar-refractivity contribution in [2.45, 2.75) is 6.92 Å². The van der Waals surface area contributed by atoms with E-state index in [0.717, 1.165) is 0 Å². The summed E-state index contributed by atoms with van der Waals surface area (Å²) in [6.07, 6.45) is 1.51. The molecule has 0 rings (SSSR count). The average molecular weight is 246 g/mol. The first-order valence-electron chi connectivity index (χ1n) is 4.00. The van der Waals surface area contributed by atoms with Crippen molar-refractivity contribution in [3.63, 3.8) is 0 Å². The van der Waals surface area contributed by atoms with Gasteiger partial charge in [0.15, 0.2) is 10.2 Å². The summed E-state index contributed by atoms with van der Waals surface area (Å²) in [4.78, 5) is 0. The van der Waals surface area contributed by atoms with Crippen LogP contribution in [0.2, 0.25) is 0 Å². The van der Waals surface area contributed by atoms with Gasteiger partial charge in [-0.1, -0.05) is 0 Å². The Hall–Kier alpha value is -1.28. The fourth-order valence-electron chi connectivity index (χ4n) is 0.539. The average Bonchev–Trinajstić information content (AvgIpc) is 2.13. The zero-order valence-corrected chi connectivity index (χ0v) is 10.5. The Bertz CT molecular complexity index is 311. The van der Waals surface area contributed by atoms with Crippen LogP contribution in [0.5, 0.6) is 0 Å². The van der Waals surface area contributed by atoms with Crippen LogP contribution in [0.15, 0.2) is 10.2 Å². The maximum absolute atomic E-state index is 5.34. The Morgan fingerprint density at radius 2 is 1.60 bits per heavy atom. The fourth-order valence-corrected chi connectivity index (χ4v) is 0.627. The van der Waals surface area contributed by atoms with E-state index in [1.54, 1.807) is 21.0 Å². The highest BCUT2D eigenvalue weighted by Crippen LogP contribution is 1.86. The van der Waals surface area contributed by atoms with Gasteiger partial charge in [-0.3, -0.25) is 0 Å². The number of hydrazone groups is 2. The molecular weight excluding hydrogens is 232 g/mol. The Kier molecular flexibility index (Phi) is 5.72. The van der Waals surface area contributed by atoms with Crippen LogP contribution >= 0.6 is 24.4 Å². The molecule has 0 unspecified atom stereocenters. The molecule has 0 aliphatic heterocycles. The van der Waals surface area contributed by atoms with Crippen molar-refractivity contribution in [1.82, 2.24) is 10.0 Å². The summed E-state index contributed by atoms with van der Waals surface area (Å²) in [5.41, 5.74) is 11.3. The largest absolute Gasteiger partial charge is 0.375 e. The van der Waals surface area contributed by atoms with Gasteiger partial charge in [-0.2, -0.15) is 10.2 Å². The monoisotopic (exact) mass is 246 g/mol. The summed E-state index contributed by atoms with van der Waals surface area (Å²) < 4.78 is 0. The molecule has 0 aliphatic rings. The predicted octanol–water partition coefficient (Wildman–Crippen LogP) is -0.301. The third-order valence-electron chi connectivity index (χ3n) is 1.36. The number of hydrogen-bond donors (Lipinski definition) is 2. The third kappa shape index (κ3) is 5.92. The van der Waals surface area contributed by atoms with Gasteiger partial charge in [0.25, 0.3) is 0 Å². The molecule has 0 saturated carbocycles. The van der Waals surface area contributed by atoms with Crippen molar-refractivity contribution in [1.29, 1.82) is 0 Å². The number of thiocarbonyl (C=S) groups is 2. The first kappa shape index (κ1) is 13.7. The van der Waals surface area contributed by atoms with E-state index in [-0.39, 0.29) is 10.2 Å². The van der Waals surface area contributed by atoms with Crippen LogP contribution in [-0.4, -0.2) is 46.3 Å². The van der Waals surface area contributed by atoms with E-state index >= 15 is 0 Å². The van der Waals surface area contributed by atoms with E-state index in [9.17, 15) is 0 Å². The second kappa shape index (κ2) is 6.25. The van der Waals surface area contributed by atoms with Crippen molar-refractivity contribution in [2.75, 3.05) is 14.1 Å². The van der Waals surface area contributed by atoms with E-state index < -0.39 is 0 Å². The zero-order chi connectivity index (χ0) is 12.0. The van der Waals surface area contributed by atoms with Gasteiger partial charge in [-0.15, -0.1) is 0 Å². The smallest absolute Gasteiger partial charge is 0.186 e. The molecule has 6 nitrogen and oxygen atoms in total. The van der Waals surface area contributed by atoms with E-state index in [1.807, 2.05) is 0 Å². The van der Waals surface area contributed by atoms with Gasteiger partial charge in [0.05, 0.1) is 11.9 Å². The molecule has 0 saturated heterocycles. The Morgan fingerprint density at radius 3 is 2.00 bits per heavy atom. The minimum absolute atomic E-state index is 0.182. The zero-order valence-electron chi connectivity index (χ0n) is 8.84. The molecule has 8 heteroatoms. The van der Waals surface area contributed by atoms with Gasteiger partial charge in [-0.25, -0.2) is 10.0 Å². The first-order chi connectivity index (χ1) is 6.84. The molecule has 4 N–H and O–H groups in total. The lowest BCUT2D eigenvalue weighted by atomic mass is 10.5. The number of nitrogens with zero attached hydrogens (tertiary/aromatic N) is 4. The van der Waals surface area contributed by atoms with Crippen molar-refractivity contribution in [2.24, 2.45) is 21.7 Å². The number of nitrogens with two attached hydrogens (primary N) is 2. The molecule has 0 aromatic heterocycles. The summed E-state index contributed by atoms with van der Waals surface area (Å²) in [6.45, 7) is 1.76. The fraction of sp³-hybridized carbons (Fsp3) is 0.429. The van der Waals surface area contributed by atoms with Crippen molar-refractivity contribution in [3.05, 3.63) is 0 Å². The predicted molar refractivity (Wildman–Crippen MR) is 70.7 cm³/mol. The normalized spacial score (nSPS) is 11.5. The summed E-state index contributed by atoms with van der Waals surface area (Å²) in [6, 6.07) is 0. The molecule has 84 valence electrons. The van der Waals surface area contributed by atoms with Gasteiger partial charge in [0.2, 0.25) is 0 Å². The highest BCUT2D eigenvalue weighted by Gasteiger charge is 1.97. The van der Waals surface area contributed by atoms with Crippen LogP contribution in [0, 0.1) is 0 Å². The van der Waals surface area contributed by atoms with Crippen LogP contribution in [0.25, 0.3) is 0 Å². The lowest BCUT2D eigenvalue weighted by Crippen LogP contribution is -2.29. The van der Waals surface area contributed by atoms with Gasteiger partial charge >= 0.3 is 0 Å². The standard InChI is InChI=1S/C7H14N6S2/c1-5(11-13(3)7(9)15)4-10-12(2)6(8)14/h4H,1-3H3,(H2,8,14)(H2,9,15)/b10-4+,11-5+. The summed E-state index contributed by atoms with van der Waals surface area (Å²) in [5, 5.41) is 11.1. The van der Waals surface area contributed by atoms with Crippen LogP contribution in [0.1, 0.15) is 6.92 Å². The van der Waals surface area contributed by atoms with Gasteiger partial charge in [0.1, 0.15) is 0 Å². The molecule has 0 heterocycles. The maximum Gasteiger partial charge on any atom is 0.186 e. The molecule has 0 bridgehead atoms. The van der Waals surface area contributed by atoms with Crippen molar-refractivity contribution < 1.29 is 0 Å². The van der Waals surface area contributed by atoms with E-state index in [2.05, 4.69) is 10.2 Å². The van der Waals surface area contributed by atoms with Crippen LogP contribution in [-0.2, 0) is 0 Å². The first-order valence-corrected chi connectivity index (χ1v) is 4.81. The number of hydrogen-bond acceptors (Lipinski definition) is 4. The summed E-state index contributed by atoms with van der Waals surface area (Å²) >= 11 is 9.41. The SMILES string of the molecule is CC(/C=N/N(C)C(N)=S)=N\N(C)C(N)=S. The Labute approximate surface area is 99.6 Å². The molecule has 0 radical (unpaired) electrons. The van der Waals surface area contributed by atoms with E-state index in [4.69, 9.17) is 35.9 Å². The lowest BCUT2D eigenvalue weighted by molar-refractivity contribution is 0.545. The lowest BCUT2D eigenvalue weighted by Gasteiger charge is -2.11. The molecule has 0 amide bonds. The highest BCUT2D eigenvalue weighted by atomic mass is 32.1. The maximum atomic E-state index is 5.34. The van der Waals surface area contributed by atoms with E-state index in [1.165, 1.54) is 16.2 Å². The summed E-state index contributed by atoms with van der Waals surface area (Å²) in [7, 11) is 3.29. The highest BCUT2D eigenvalue weighted by molar-refractivity contribution is 7.80. The van der Waals surface area contributed by atoms with Crippen molar-refractivity contribution in [3.8, 4) is 0 Å². The molecular formula is C7H14N6S2. The molecule has 0 atom stereocenters. The number of rotatable bonds is 3. The summed E-state index contributed by atoms with van der Waals surface area (Å²) in [5.74, 6) is 0. The second-order valence-electron chi connectivity index (χ2n) is 2.71. The van der Waals surface area contributed by atoms with Crippen LogP contribution in [0.4, 0.5) is 0 Å². The van der Waals surface area contributed by atoms with Crippen LogP contribution < -0.4 is 11.5 Å². The van der Waals surface area contributed by atoms with Gasteiger partial charge in [0, 0.05) is 14.1 Å². The molecule has 0 aromatic rings. The van der Waals surface area contributed by atoms with Crippen molar-refractivity contribution >= 4 is 46.6 Å². The third-order valence-corrected chi connectivity index (χ3v) is 1.89. The second-order valence-corrected chi connectivity index (χ2v) is 3.55. The minimum atomic E-state index is 0.182. The Balaban J connectivity index is 4.41. The quantitative estimate of drug-likeness (QED) is 0.404. The Morgan fingerprint density at radius 1 is 1.13 bits per heavy atom. The molecule has 0 aromatic carbocycles. The van der Waals surface area contributed by atoms with E-state index in [0.29, 0.717) is 5.71 Å². The molecule has 15 heavy (non-hydrogen) atoms. The molecule has 0 spiro atoms. The topological polar surface area (TPSA) is 83.2 Å². The molecule has 0 aliphatic carbocycles. The van der Waals surface area contributed by atoms with Gasteiger partial charge < -0.3 is 11.5 Å². The van der Waals surface area contributed by atoms with Crippen LogP contribution in [0.3, 0.4) is 0 Å². The molecule has 0 fully saturated rings. The van der Waals surface area contributed by atoms with Gasteiger partial charge in [-0.05, 0) is 31.4 Å². The minimum Gasteiger partial charge on any atom is -0.375 e.